The van der Waals surface area contributed by atoms with Gasteiger partial charge >= 0.3 is 0 Å². The Balaban J connectivity index is 1.50. The van der Waals surface area contributed by atoms with Crippen molar-refractivity contribution < 1.29 is 33.2 Å². The predicted octanol–water partition coefficient (Wildman–Crippen LogP) is 5.33. The van der Waals surface area contributed by atoms with E-state index in [0.717, 1.165) is 59.6 Å². The van der Waals surface area contributed by atoms with Crippen LogP contribution >= 0.6 is 0 Å². The van der Waals surface area contributed by atoms with Crippen molar-refractivity contribution in [3.8, 4) is 34.5 Å². The number of benzene rings is 3. The molecule has 42 heavy (non-hydrogen) atoms. The lowest BCUT2D eigenvalue weighted by molar-refractivity contribution is -0.133. The van der Waals surface area contributed by atoms with Gasteiger partial charge in [-0.2, -0.15) is 0 Å². The minimum Gasteiger partial charge on any atom is -0.497 e. The molecule has 9 heteroatoms. The fourth-order valence-corrected chi connectivity index (χ4v) is 6.21. The molecule has 2 atom stereocenters. The first-order valence-corrected chi connectivity index (χ1v) is 14.1. The highest BCUT2D eigenvalue weighted by molar-refractivity contribution is 5.88. The van der Waals surface area contributed by atoms with Gasteiger partial charge in [-0.05, 0) is 83.6 Å². The Morgan fingerprint density at radius 1 is 0.881 bits per heavy atom. The van der Waals surface area contributed by atoms with Crippen molar-refractivity contribution in [3.05, 3.63) is 70.8 Å². The molecule has 3 aliphatic rings. The molecule has 2 aliphatic heterocycles. The van der Waals surface area contributed by atoms with Gasteiger partial charge in [-0.1, -0.05) is 6.08 Å². The zero-order valence-electron chi connectivity index (χ0n) is 24.4. The summed E-state index contributed by atoms with van der Waals surface area (Å²) in [6, 6.07) is 15.7. The summed E-state index contributed by atoms with van der Waals surface area (Å²) in [5.41, 5.74) is 4.77. The highest BCUT2D eigenvalue weighted by Crippen LogP contribution is 2.50. The molecule has 2 heterocycles. The zero-order valence-corrected chi connectivity index (χ0v) is 24.4. The average molecular weight is 573 g/mol. The van der Waals surface area contributed by atoms with Crippen LogP contribution < -0.4 is 33.7 Å². The van der Waals surface area contributed by atoms with Gasteiger partial charge in [0, 0.05) is 31.2 Å². The molecule has 0 radical (unpaired) electrons. The minimum absolute atomic E-state index is 0.109. The van der Waals surface area contributed by atoms with Crippen LogP contribution in [-0.2, 0) is 4.79 Å². The number of hydrogen-bond donors (Lipinski definition) is 1. The maximum absolute atomic E-state index is 14.5. The molecule has 0 aromatic heterocycles. The first-order valence-electron chi connectivity index (χ1n) is 14.1. The Labute approximate surface area is 245 Å². The molecule has 3 aromatic carbocycles. The highest BCUT2D eigenvalue weighted by Gasteiger charge is 2.42. The molecule has 3 aromatic rings. The van der Waals surface area contributed by atoms with Crippen molar-refractivity contribution in [2.75, 3.05) is 60.2 Å². The van der Waals surface area contributed by atoms with Gasteiger partial charge in [0.1, 0.15) is 5.75 Å². The molecule has 0 bridgehead atoms. The van der Waals surface area contributed by atoms with Gasteiger partial charge in [0.2, 0.25) is 18.4 Å². The lowest BCUT2D eigenvalue weighted by Gasteiger charge is -2.37. The summed E-state index contributed by atoms with van der Waals surface area (Å²) in [5.74, 6) is 3.03. The van der Waals surface area contributed by atoms with E-state index in [1.807, 2.05) is 53.4 Å². The molecule has 9 nitrogen and oxygen atoms in total. The molecule has 1 N–H and O–H groups in total. The average Bonchev–Trinajstić information content (AvgIpc) is 3.74. The molecule has 1 amide bonds. The number of nitrogens with zero attached hydrogens (tertiary/aromatic N) is 1. The summed E-state index contributed by atoms with van der Waals surface area (Å²) in [6.45, 7) is 2.15. The third-order valence-electron chi connectivity index (χ3n) is 8.30. The van der Waals surface area contributed by atoms with E-state index < -0.39 is 5.92 Å². The van der Waals surface area contributed by atoms with Crippen LogP contribution in [0.15, 0.2) is 54.1 Å². The van der Waals surface area contributed by atoms with Crippen molar-refractivity contribution >= 4 is 17.7 Å². The maximum Gasteiger partial charge on any atom is 0.231 e. The number of carbonyl (C=O) groups excluding carboxylic acids is 1. The van der Waals surface area contributed by atoms with Gasteiger partial charge in [0.25, 0.3) is 0 Å². The monoisotopic (exact) mass is 572 g/mol. The van der Waals surface area contributed by atoms with Crippen LogP contribution in [0, 0.1) is 5.92 Å². The summed E-state index contributed by atoms with van der Waals surface area (Å²) >= 11 is 0. The van der Waals surface area contributed by atoms with Crippen molar-refractivity contribution in [2.45, 2.75) is 18.8 Å². The molecule has 1 fully saturated rings. The summed E-state index contributed by atoms with van der Waals surface area (Å²) < 4.78 is 33.9. The number of methoxy groups -OCH3 is 4. The first-order chi connectivity index (χ1) is 20.5. The van der Waals surface area contributed by atoms with Gasteiger partial charge in [-0.25, -0.2) is 0 Å². The van der Waals surface area contributed by atoms with E-state index in [4.69, 9.17) is 28.4 Å². The van der Waals surface area contributed by atoms with E-state index in [1.165, 1.54) is 0 Å². The van der Waals surface area contributed by atoms with Gasteiger partial charge in [0.05, 0.1) is 34.4 Å². The third-order valence-corrected chi connectivity index (χ3v) is 8.30. The maximum atomic E-state index is 14.5. The topological polar surface area (TPSA) is 87.7 Å². The van der Waals surface area contributed by atoms with Crippen molar-refractivity contribution in [1.29, 1.82) is 0 Å². The van der Waals surface area contributed by atoms with Gasteiger partial charge in [-0.15, -0.1) is 0 Å². The second-order valence-electron chi connectivity index (χ2n) is 10.6. The molecule has 6 rings (SSSR count). The van der Waals surface area contributed by atoms with Crippen molar-refractivity contribution in [3.63, 3.8) is 0 Å². The van der Waals surface area contributed by atoms with E-state index in [9.17, 15) is 4.79 Å². The van der Waals surface area contributed by atoms with Crippen LogP contribution in [0.3, 0.4) is 0 Å². The van der Waals surface area contributed by atoms with Gasteiger partial charge in [0.15, 0.2) is 23.0 Å². The van der Waals surface area contributed by atoms with Crippen LogP contribution in [0.4, 0.5) is 5.69 Å². The molecule has 0 unspecified atom stereocenters. The van der Waals surface area contributed by atoms with E-state index in [1.54, 1.807) is 28.4 Å². The van der Waals surface area contributed by atoms with Gasteiger partial charge < -0.3 is 38.6 Å². The number of likely N-dealkylation sites (tertiary alicyclic amines) is 1. The van der Waals surface area contributed by atoms with E-state index in [0.29, 0.717) is 35.3 Å². The van der Waals surface area contributed by atoms with Crippen LogP contribution in [0.1, 0.15) is 35.4 Å². The molecule has 0 saturated carbocycles. The Morgan fingerprint density at radius 2 is 1.55 bits per heavy atom. The predicted molar refractivity (Wildman–Crippen MR) is 159 cm³/mol. The molecule has 1 aliphatic carbocycles. The lowest BCUT2D eigenvalue weighted by atomic mass is 9.70. The second-order valence-corrected chi connectivity index (χ2v) is 10.6. The number of ether oxygens (including phenoxy) is 6. The Kier molecular flexibility index (Phi) is 7.73. The Hall–Kier alpha value is -4.53. The standard InChI is InChI=1S/C33H36N2O7/c1-37-24-9-7-23(8-10-24)34-18-22-13-20-14-26-27(42-19-41-26)17-25(20)30(31(22)33(36)35-11-5-6-12-35)21-15-28(38-2)32(40-4)29(16-21)39-3/h7-10,13-17,30-31,34H,5-6,11-12,18-19H2,1-4H3/t30-,31-/m1/s1. The first kappa shape index (κ1) is 27.6. The summed E-state index contributed by atoms with van der Waals surface area (Å²) in [4.78, 5) is 16.5. The fourth-order valence-electron chi connectivity index (χ4n) is 6.21. The number of hydrogen-bond acceptors (Lipinski definition) is 8. The van der Waals surface area contributed by atoms with Gasteiger partial charge in [-0.3, -0.25) is 4.79 Å². The quantitative estimate of drug-likeness (QED) is 0.368. The summed E-state index contributed by atoms with van der Waals surface area (Å²) in [6.07, 6.45) is 4.14. The van der Waals surface area contributed by atoms with E-state index in [2.05, 4.69) is 11.4 Å². The minimum atomic E-state index is -0.468. The van der Waals surface area contributed by atoms with E-state index >= 15 is 0 Å². The largest absolute Gasteiger partial charge is 0.497 e. The summed E-state index contributed by atoms with van der Waals surface area (Å²) in [7, 11) is 6.44. The van der Waals surface area contributed by atoms with Crippen LogP contribution in [0.2, 0.25) is 0 Å². The number of rotatable bonds is 9. The molecule has 1 saturated heterocycles. The van der Waals surface area contributed by atoms with Crippen LogP contribution in [-0.4, -0.2) is 65.7 Å². The number of nitrogens with one attached hydrogen (secondary N) is 1. The number of anilines is 1. The zero-order chi connectivity index (χ0) is 29.2. The van der Waals surface area contributed by atoms with Crippen molar-refractivity contribution in [1.82, 2.24) is 4.90 Å². The summed E-state index contributed by atoms with van der Waals surface area (Å²) in [5, 5.41) is 3.54. The molecule has 0 spiro atoms. The van der Waals surface area contributed by atoms with Crippen molar-refractivity contribution in [2.24, 2.45) is 5.92 Å². The van der Waals surface area contributed by atoms with Crippen LogP contribution in [0.25, 0.3) is 6.08 Å². The second kappa shape index (κ2) is 11.8. The molecular weight excluding hydrogens is 536 g/mol. The van der Waals surface area contributed by atoms with E-state index in [-0.39, 0.29) is 18.6 Å². The SMILES string of the molecule is COc1ccc(NCC2=Cc3cc4c(cc3[C@@H](c3cc(OC)c(OC)c(OC)c3)[C@@H]2C(=O)N2CCCC2)OCO4)cc1. The Bertz CT molecular complexity index is 1470. The smallest absolute Gasteiger partial charge is 0.231 e. The number of carbonyl (C=O) groups is 1. The molecule has 220 valence electrons. The number of amides is 1. The lowest BCUT2D eigenvalue weighted by Crippen LogP contribution is -2.40. The normalized spacial score (nSPS) is 18.7. The fraction of sp³-hybridized carbons (Fsp3) is 0.364. The Morgan fingerprint density at radius 3 is 2.17 bits per heavy atom. The number of fused-ring (bicyclic) bond motifs is 2. The third kappa shape index (κ3) is 5.04. The highest BCUT2D eigenvalue weighted by atomic mass is 16.7. The molecular formula is C33H36N2O7. The van der Waals surface area contributed by atoms with Crippen LogP contribution in [0.5, 0.6) is 34.5 Å².